The lowest BCUT2D eigenvalue weighted by Crippen LogP contribution is -2.15. The van der Waals surface area contributed by atoms with Crippen LogP contribution in [0.3, 0.4) is 0 Å². The lowest BCUT2D eigenvalue weighted by atomic mass is 9.94. The zero-order valence-electron chi connectivity index (χ0n) is 11.3. The number of benzene rings is 1. The zero-order valence-corrected chi connectivity index (χ0v) is 12.1. The minimum Gasteiger partial charge on any atom is -0.493 e. The Morgan fingerprint density at radius 3 is 2.81 bits per heavy atom. The van der Waals surface area contributed by atoms with Crippen molar-refractivity contribution in [3.8, 4) is 5.75 Å². The number of Topliss-reactive ketones (excluding diaryl/α,β-unsaturated/α-hetero) is 1. The van der Waals surface area contributed by atoms with Gasteiger partial charge in [-0.25, -0.2) is 9.78 Å². The second kappa shape index (κ2) is 5.29. The molecule has 1 unspecified atom stereocenters. The molecule has 108 valence electrons. The Bertz CT molecular complexity index is 691. The molecule has 1 N–H and O–H groups in total. The second-order valence-electron chi connectivity index (χ2n) is 4.82. The van der Waals surface area contributed by atoms with E-state index in [1.165, 1.54) is 18.3 Å². The normalized spacial score (nSPS) is 16.9. The Balaban J connectivity index is 2.08. The highest BCUT2D eigenvalue weighted by molar-refractivity contribution is 7.14. The van der Waals surface area contributed by atoms with Crippen molar-refractivity contribution in [2.24, 2.45) is 0 Å². The van der Waals surface area contributed by atoms with Gasteiger partial charge in [-0.3, -0.25) is 4.79 Å². The van der Waals surface area contributed by atoms with E-state index in [1.54, 1.807) is 0 Å². The topological polar surface area (TPSA) is 76.5 Å². The maximum atomic E-state index is 11.6. The van der Waals surface area contributed by atoms with E-state index in [0.29, 0.717) is 11.6 Å². The van der Waals surface area contributed by atoms with Gasteiger partial charge in [0, 0.05) is 18.4 Å². The molecule has 1 aromatic carbocycles. The number of aromatic nitrogens is 1. The number of nitrogens with zero attached hydrogens (tertiary/aromatic N) is 1. The minimum absolute atomic E-state index is 0.0221. The van der Waals surface area contributed by atoms with Gasteiger partial charge in [0.15, 0.2) is 11.5 Å². The van der Waals surface area contributed by atoms with E-state index < -0.39 is 5.97 Å². The van der Waals surface area contributed by atoms with Crippen molar-refractivity contribution >= 4 is 23.1 Å². The summed E-state index contributed by atoms with van der Waals surface area (Å²) in [6.07, 6.45) is 0.723. The molecular weight excluding hydrogens is 290 g/mol. The highest BCUT2D eigenvalue weighted by Gasteiger charge is 2.29. The quantitative estimate of drug-likeness (QED) is 0.882. The van der Waals surface area contributed by atoms with Gasteiger partial charge in [-0.1, -0.05) is 18.2 Å². The number of fused-ring (bicyclic) bond motifs is 1. The third kappa shape index (κ3) is 2.42. The van der Waals surface area contributed by atoms with E-state index in [1.807, 2.05) is 24.3 Å². The zero-order chi connectivity index (χ0) is 15.0. The standard InChI is InChI=1S/C15H13NO4S/c1-8(17)13-12(15(18)19)16-14(21-13)10-6-7-20-11-5-3-2-4-9(10)11/h2-5,10H,6-7H2,1H3,(H,18,19). The van der Waals surface area contributed by atoms with Gasteiger partial charge >= 0.3 is 5.97 Å². The summed E-state index contributed by atoms with van der Waals surface area (Å²) in [5.74, 6) is -0.657. The summed E-state index contributed by atoms with van der Waals surface area (Å²) >= 11 is 1.17. The first-order valence-corrected chi connectivity index (χ1v) is 7.36. The maximum Gasteiger partial charge on any atom is 0.356 e. The Labute approximate surface area is 125 Å². The van der Waals surface area contributed by atoms with E-state index in [2.05, 4.69) is 4.98 Å². The van der Waals surface area contributed by atoms with E-state index in [0.717, 1.165) is 17.7 Å². The highest BCUT2D eigenvalue weighted by Crippen LogP contribution is 2.40. The Hall–Kier alpha value is -2.21. The van der Waals surface area contributed by atoms with Crippen molar-refractivity contribution in [3.05, 3.63) is 45.4 Å². The van der Waals surface area contributed by atoms with Crippen LogP contribution in [0, 0.1) is 0 Å². The van der Waals surface area contributed by atoms with Crippen molar-refractivity contribution < 1.29 is 19.4 Å². The Kier molecular flexibility index (Phi) is 3.47. The number of ether oxygens (including phenoxy) is 1. The number of carbonyl (C=O) groups excluding carboxylic acids is 1. The summed E-state index contributed by atoms with van der Waals surface area (Å²) in [5.41, 5.74) is 0.844. The van der Waals surface area contributed by atoms with Crippen LogP contribution in [0.25, 0.3) is 0 Å². The molecule has 0 spiro atoms. The number of carboxylic acids is 1. The van der Waals surface area contributed by atoms with Gasteiger partial charge in [0.05, 0.1) is 6.61 Å². The fourth-order valence-electron chi connectivity index (χ4n) is 2.47. The first kappa shape index (κ1) is 13.8. The summed E-state index contributed by atoms with van der Waals surface area (Å²) in [4.78, 5) is 27.2. The van der Waals surface area contributed by atoms with E-state index >= 15 is 0 Å². The van der Waals surface area contributed by atoms with Crippen LogP contribution in [-0.4, -0.2) is 28.4 Å². The average molecular weight is 303 g/mol. The van der Waals surface area contributed by atoms with Gasteiger partial charge in [0.2, 0.25) is 0 Å². The predicted octanol–water partition coefficient (Wildman–Crippen LogP) is 2.96. The summed E-state index contributed by atoms with van der Waals surface area (Å²) < 4.78 is 5.60. The van der Waals surface area contributed by atoms with Gasteiger partial charge in [-0.05, 0) is 12.5 Å². The number of hydrogen-bond acceptors (Lipinski definition) is 5. The summed E-state index contributed by atoms with van der Waals surface area (Å²) in [6.45, 7) is 1.92. The first-order valence-electron chi connectivity index (χ1n) is 6.54. The summed E-state index contributed by atoms with van der Waals surface area (Å²) in [5, 5.41) is 9.85. The van der Waals surface area contributed by atoms with Crippen molar-refractivity contribution in [2.75, 3.05) is 6.61 Å². The van der Waals surface area contributed by atoms with E-state index in [-0.39, 0.29) is 22.3 Å². The molecule has 2 heterocycles. The first-order chi connectivity index (χ1) is 10.1. The third-order valence-electron chi connectivity index (χ3n) is 3.42. The largest absolute Gasteiger partial charge is 0.493 e. The number of hydrogen-bond donors (Lipinski definition) is 1. The molecule has 1 atom stereocenters. The van der Waals surface area contributed by atoms with Gasteiger partial charge in [0.25, 0.3) is 0 Å². The van der Waals surface area contributed by atoms with Gasteiger partial charge in [-0.2, -0.15) is 0 Å². The average Bonchev–Trinajstić information content (AvgIpc) is 2.92. The number of ketones is 1. The molecule has 0 aliphatic carbocycles. The van der Waals surface area contributed by atoms with E-state index in [9.17, 15) is 14.7 Å². The Morgan fingerprint density at radius 2 is 2.14 bits per heavy atom. The number of carboxylic acid groups (broad SMARTS) is 1. The summed E-state index contributed by atoms with van der Waals surface area (Å²) in [6, 6.07) is 7.65. The molecule has 0 bridgehead atoms. The molecule has 3 rings (SSSR count). The van der Waals surface area contributed by atoms with E-state index in [4.69, 9.17) is 4.74 Å². The molecular formula is C15H13NO4S. The van der Waals surface area contributed by atoms with Crippen molar-refractivity contribution in [3.63, 3.8) is 0 Å². The number of carbonyl (C=O) groups is 2. The van der Waals surface area contributed by atoms with Crippen LogP contribution >= 0.6 is 11.3 Å². The molecule has 1 aromatic heterocycles. The number of para-hydroxylation sites is 1. The monoisotopic (exact) mass is 303 g/mol. The molecule has 0 saturated heterocycles. The number of rotatable bonds is 3. The molecule has 21 heavy (non-hydrogen) atoms. The molecule has 6 heteroatoms. The fourth-order valence-corrected chi connectivity index (χ4v) is 3.57. The molecule has 1 aliphatic rings. The molecule has 0 amide bonds. The van der Waals surface area contributed by atoms with Gasteiger partial charge in [0.1, 0.15) is 15.6 Å². The maximum absolute atomic E-state index is 11.6. The number of aromatic carboxylic acids is 1. The van der Waals surface area contributed by atoms with Gasteiger partial charge < -0.3 is 9.84 Å². The predicted molar refractivity (Wildman–Crippen MR) is 77.5 cm³/mol. The molecule has 0 saturated carbocycles. The SMILES string of the molecule is CC(=O)c1sc(C2CCOc3ccccc32)nc1C(=O)O. The van der Waals surface area contributed by atoms with Crippen molar-refractivity contribution in [2.45, 2.75) is 19.3 Å². The van der Waals surface area contributed by atoms with Crippen LogP contribution in [0.2, 0.25) is 0 Å². The van der Waals surface area contributed by atoms with Crippen molar-refractivity contribution in [1.82, 2.24) is 4.98 Å². The minimum atomic E-state index is -1.16. The van der Waals surface area contributed by atoms with Crippen LogP contribution in [0.15, 0.2) is 24.3 Å². The van der Waals surface area contributed by atoms with Crippen LogP contribution in [0.1, 0.15) is 50.0 Å². The lowest BCUT2D eigenvalue weighted by molar-refractivity contribution is 0.0686. The van der Waals surface area contributed by atoms with Crippen LogP contribution in [0.4, 0.5) is 0 Å². The third-order valence-corrected chi connectivity index (χ3v) is 4.69. The second-order valence-corrected chi connectivity index (χ2v) is 5.85. The fraction of sp³-hybridized carbons (Fsp3) is 0.267. The molecule has 0 fully saturated rings. The van der Waals surface area contributed by atoms with Crippen LogP contribution < -0.4 is 4.74 Å². The molecule has 5 nitrogen and oxygen atoms in total. The Morgan fingerprint density at radius 1 is 1.38 bits per heavy atom. The van der Waals surface area contributed by atoms with Crippen LogP contribution in [0.5, 0.6) is 5.75 Å². The number of thiazole rings is 1. The van der Waals surface area contributed by atoms with Crippen molar-refractivity contribution in [1.29, 1.82) is 0 Å². The molecule has 0 radical (unpaired) electrons. The summed E-state index contributed by atoms with van der Waals surface area (Å²) in [7, 11) is 0. The lowest BCUT2D eigenvalue weighted by Gasteiger charge is -2.24. The van der Waals surface area contributed by atoms with Crippen LogP contribution in [-0.2, 0) is 0 Å². The molecule has 2 aromatic rings. The molecule has 1 aliphatic heterocycles. The highest BCUT2D eigenvalue weighted by atomic mass is 32.1. The van der Waals surface area contributed by atoms with Gasteiger partial charge in [-0.15, -0.1) is 11.3 Å². The smallest absolute Gasteiger partial charge is 0.356 e.